The van der Waals surface area contributed by atoms with Gasteiger partial charge >= 0.3 is 0 Å². The van der Waals surface area contributed by atoms with E-state index in [1.54, 1.807) is 0 Å². The van der Waals surface area contributed by atoms with Crippen molar-refractivity contribution in [2.24, 2.45) is 0 Å². The summed E-state index contributed by atoms with van der Waals surface area (Å²) in [6, 6.07) is 8.21. The molecule has 0 aliphatic heterocycles. The smallest absolute Gasteiger partial charge is 0.0341 e. The molecule has 0 aliphatic carbocycles. The molecule has 0 radical (unpaired) electrons. The second-order valence-electron chi connectivity index (χ2n) is 2.79. The van der Waals surface area contributed by atoms with Gasteiger partial charge in [0.1, 0.15) is 0 Å². The summed E-state index contributed by atoms with van der Waals surface area (Å²) in [6.07, 6.45) is 0. The fraction of sp³-hybridized carbons (Fsp3) is 0.400. The molecule has 0 saturated carbocycles. The summed E-state index contributed by atoms with van der Waals surface area (Å²) in [5, 5.41) is 6.58. The van der Waals surface area contributed by atoms with Crippen LogP contribution in [0.2, 0.25) is 0 Å². The predicted octanol–water partition coefficient (Wildman–Crippen LogP) is 2.47. The number of rotatable bonds is 5. The molecule has 1 aromatic rings. The zero-order valence-electron chi connectivity index (χ0n) is 7.81. The molecule has 0 spiro atoms. The molecular formula is C10H15BrN2. The van der Waals surface area contributed by atoms with Crippen LogP contribution in [0, 0.1) is 0 Å². The van der Waals surface area contributed by atoms with Gasteiger partial charge in [-0.1, -0.05) is 22.9 Å². The highest BCUT2D eigenvalue weighted by atomic mass is 79.9. The lowest BCUT2D eigenvalue weighted by Crippen LogP contribution is -2.21. The van der Waals surface area contributed by atoms with Gasteiger partial charge in [0.15, 0.2) is 0 Å². The highest BCUT2D eigenvalue weighted by Gasteiger charge is 1.90. The van der Waals surface area contributed by atoms with Gasteiger partial charge in [0.25, 0.3) is 0 Å². The van der Waals surface area contributed by atoms with Crippen LogP contribution in [0.4, 0.5) is 5.69 Å². The third-order valence-electron chi connectivity index (χ3n) is 1.73. The number of anilines is 1. The molecule has 0 bridgehead atoms. The molecular weight excluding hydrogens is 228 g/mol. The molecule has 1 rings (SSSR count). The third kappa shape index (κ3) is 4.29. The van der Waals surface area contributed by atoms with Gasteiger partial charge in [0.2, 0.25) is 0 Å². The van der Waals surface area contributed by atoms with Gasteiger partial charge in [-0.15, -0.1) is 0 Å². The van der Waals surface area contributed by atoms with E-state index in [-0.39, 0.29) is 0 Å². The van der Waals surface area contributed by atoms with Crippen molar-refractivity contribution in [3.8, 4) is 0 Å². The van der Waals surface area contributed by atoms with Gasteiger partial charge in [-0.05, 0) is 30.8 Å². The average molecular weight is 243 g/mol. The van der Waals surface area contributed by atoms with Crippen molar-refractivity contribution < 1.29 is 0 Å². The minimum Gasteiger partial charge on any atom is -0.384 e. The van der Waals surface area contributed by atoms with E-state index in [1.165, 1.54) is 5.69 Å². The molecule has 0 saturated heterocycles. The highest BCUT2D eigenvalue weighted by Crippen LogP contribution is 2.13. The minimum absolute atomic E-state index is 0.968. The first-order valence-electron chi connectivity index (χ1n) is 4.53. The van der Waals surface area contributed by atoms with Crippen LogP contribution in [0.15, 0.2) is 28.7 Å². The van der Waals surface area contributed by atoms with E-state index in [0.29, 0.717) is 0 Å². The number of likely N-dealkylation sites (N-methyl/N-ethyl adjacent to an activating group) is 1. The monoisotopic (exact) mass is 242 g/mol. The lowest BCUT2D eigenvalue weighted by atomic mass is 10.3. The molecule has 0 fully saturated rings. The summed E-state index contributed by atoms with van der Waals surface area (Å²) >= 11 is 3.40. The fourth-order valence-corrected chi connectivity index (χ4v) is 1.30. The molecule has 0 heterocycles. The second kappa shape index (κ2) is 6.00. The van der Waals surface area contributed by atoms with E-state index in [9.17, 15) is 0 Å². The van der Waals surface area contributed by atoms with Gasteiger partial charge in [0.05, 0.1) is 0 Å². The Morgan fingerprint density at radius 1 is 1.15 bits per heavy atom. The molecule has 72 valence electrons. The first kappa shape index (κ1) is 10.5. The Morgan fingerprint density at radius 3 is 2.46 bits per heavy atom. The van der Waals surface area contributed by atoms with Crippen molar-refractivity contribution >= 4 is 21.6 Å². The average Bonchev–Trinajstić information content (AvgIpc) is 2.15. The Morgan fingerprint density at radius 2 is 1.85 bits per heavy atom. The van der Waals surface area contributed by atoms with Crippen molar-refractivity contribution in [2.45, 2.75) is 6.92 Å². The van der Waals surface area contributed by atoms with Crippen LogP contribution in [-0.2, 0) is 0 Å². The van der Waals surface area contributed by atoms with Gasteiger partial charge < -0.3 is 10.6 Å². The van der Waals surface area contributed by atoms with Crippen molar-refractivity contribution in [2.75, 3.05) is 25.0 Å². The maximum absolute atomic E-state index is 3.40. The standard InChI is InChI=1S/C10H15BrN2/c1-2-12-7-8-13-10-5-3-9(11)4-6-10/h3-6,12-13H,2,7-8H2,1H3. The van der Waals surface area contributed by atoms with Crippen molar-refractivity contribution in [1.82, 2.24) is 5.32 Å². The number of halogens is 1. The maximum Gasteiger partial charge on any atom is 0.0341 e. The van der Waals surface area contributed by atoms with Gasteiger partial charge in [-0.2, -0.15) is 0 Å². The second-order valence-corrected chi connectivity index (χ2v) is 3.70. The van der Waals surface area contributed by atoms with E-state index < -0.39 is 0 Å². The van der Waals surface area contributed by atoms with Crippen LogP contribution < -0.4 is 10.6 Å². The molecule has 1 aromatic carbocycles. The maximum atomic E-state index is 3.40. The van der Waals surface area contributed by atoms with Gasteiger partial charge in [-0.25, -0.2) is 0 Å². The van der Waals surface area contributed by atoms with E-state index in [0.717, 1.165) is 24.1 Å². The number of hydrogen-bond donors (Lipinski definition) is 2. The predicted molar refractivity (Wildman–Crippen MR) is 61.2 cm³/mol. The van der Waals surface area contributed by atoms with Crippen LogP contribution in [0.1, 0.15) is 6.92 Å². The van der Waals surface area contributed by atoms with Crippen LogP contribution in [0.25, 0.3) is 0 Å². The van der Waals surface area contributed by atoms with E-state index in [2.05, 4.69) is 45.6 Å². The lowest BCUT2D eigenvalue weighted by molar-refractivity contribution is 0.739. The minimum atomic E-state index is 0.968. The summed E-state index contributed by atoms with van der Waals surface area (Å²) in [5.74, 6) is 0. The largest absolute Gasteiger partial charge is 0.384 e. The van der Waals surface area contributed by atoms with Crippen molar-refractivity contribution in [3.63, 3.8) is 0 Å². The summed E-state index contributed by atoms with van der Waals surface area (Å²) in [4.78, 5) is 0. The Labute approximate surface area is 87.9 Å². The van der Waals surface area contributed by atoms with Crippen LogP contribution in [0.5, 0.6) is 0 Å². The first-order chi connectivity index (χ1) is 6.33. The van der Waals surface area contributed by atoms with Crippen molar-refractivity contribution in [1.29, 1.82) is 0 Å². The molecule has 2 N–H and O–H groups in total. The Kier molecular flexibility index (Phi) is 4.86. The van der Waals surface area contributed by atoms with E-state index >= 15 is 0 Å². The zero-order valence-corrected chi connectivity index (χ0v) is 9.39. The third-order valence-corrected chi connectivity index (χ3v) is 2.25. The molecule has 0 unspecified atom stereocenters. The normalized spacial score (nSPS) is 10.0. The van der Waals surface area contributed by atoms with Crippen molar-refractivity contribution in [3.05, 3.63) is 28.7 Å². The number of nitrogens with one attached hydrogen (secondary N) is 2. The highest BCUT2D eigenvalue weighted by molar-refractivity contribution is 9.10. The molecule has 0 aromatic heterocycles. The number of benzene rings is 1. The van der Waals surface area contributed by atoms with Crippen LogP contribution >= 0.6 is 15.9 Å². The quantitative estimate of drug-likeness (QED) is 0.776. The molecule has 0 aliphatic rings. The molecule has 2 nitrogen and oxygen atoms in total. The lowest BCUT2D eigenvalue weighted by Gasteiger charge is -2.06. The first-order valence-corrected chi connectivity index (χ1v) is 5.32. The van der Waals surface area contributed by atoms with Crippen LogP contribution in [-0.4, -0.2) is 19.6 Å². The van der Waals surface area contributed by atoms with E-state index in [4.69, 9.17) is 0 Å². The fourth-order valence-electron chi connectivity index (χ4n) is 1.04. The zero-order chi connectivity index (χ0) is 9.52. The Balaban J connectivity index is 2.25. The van der Waals surface area contributed by atoms with Gasteiger partial charge in [-0.3, -0.25) is 0 Å². The Bertz CT molecular complexity index is 233. The molecule has 3 heteroatoms. The SMILES string of the molecule is CCNCCNc1ccc(Br)cc1. The van der Waals surface area contributed by atoms with Gasteiger partial charge in [0, 0.05) is 23.2 Å². The topological polar surface area (TPSA) is 24.1 Å². The van der Waals surface area contributed by atoms with E-state index in [1.807, 2.05) is 12.1 Å². The molecule has 13 heavy (non-hydrogen) atoms. The molecule has 0 atom stereocenters. The summed E-state index contributed by atoms with van der Waals surface area (Å²) in [5.41, 5.74) is 1.17. The summed E-state index contributed by atoms with van der Waals surface area (Å²) in [7, 11) is 0. The van der Waals surface area contributed by atoms with Crippen LogP contribution in [0.3, 0.4) is 0 Å². The summed E-state index contributed by atoms with van der Waals surface area (Å²) in [6.45, 7) is 5.11. The summed E-state index contributed by atoms with van der Waals surface area (Å²) < 4.78 is 1.12. The Hall–Kier alpha value is -0.540. The number of hydrogen-bond acceptors (Lipinski definition) is 2. The molecule has 0 amide bonds.